The van der Waals surface area contributed by atoms with E-state index in [-0.39, 0.29) is 5.92 Å². The molecule has 0 aliphatic carbocycles. The first-order chi connectivity index (χ1) is 8.93. The fourth-order valence-corrected chi connectivity index (χ4v) is 3.51. The summed E-state index contributed by atoms with van der Waals surface area (Å²) in [6.45, 7) is 3.59. The van der Waals surface area contributed by atoms with E-state index in [4.69, 9.17) is 0 Å². The van der Waals surface area contributed by atoms with E-state index in [9.17, 15) is 9.90 Å². The molecule has 0 bridgehead atoms. The fourth-order valence-electron chi connectivity index (χ4n) is 2.31. The number of aliphatic carboxylic acids is 1. The predicted octanol–water partition coefficient (Wildman–Crippen LogP) is 2.25. The Kier molecular flexibility index (Phi) is 3.81. The zero-order valence-corrected chi connectivity index (χ0v) is 12.2. The zero-order valence-electron chi connectivity index (χ0n) is 11.4. The van der Waals surface area contributed by atoms with Crippen LogP contribution in [-0.4, -0.2) is 18.9 Å². The van der Waals surface area contributed by atoms with Gasteiger partial charge in [-0.3, -0.25) is 4.79 Å². The third-order valence-electron chi connectivity index (χ3n) is 3.45. The van der Waals surface area contributed by atoms with Crippen LogP contribution in [0.4, 0.5) is 0 Å². The lowest BCUT2D eigenvalue weighted by Gasteiger charge is -2.30. The van der Waals surface area contributed by atoms with Gasteiger partial charge in [-0.25, -0.2) is 0 Å². The lowest BCUT2D eigenvalue weighted by molar-refractivity contribution is -0.147. The summed E-state index contributed by atoms with van der Waals surface area (Å²) in [5.74, 6) is -0.891. The van der Waals surface area contributed by atoms with Crippen LogP contribution in [0, 0.1) is 5.41 Å². The van der Waals surface area contributed by atoms with Crippen molar-refractivity contribution in [1.29, 1.82) is 0 Å². The molecule has 1 aromatic heterocycles. The number of carbonyl (C=O) groups is 1. The van der Waals surface area contributed by atoms with Crippen molar-refractivity contribution in [3.05, 3.63) is 52.9 Å². The molecule has 98 valence electrons. The monoisotopic (exact) mass is 272 g/mol. The lowest BCUT2D eigenvalue weighted by atomic mass is 9.74. The minimum Gasteiger partial charge on any atom is -0.481 e. The summed E-state index contributed by atoms with van der Waals surface area (Å²) in [6.07, 6.45) is 0. The Morgan fingerprint density at radius 3 is 2.32 bits per heavy atom. The minimum absolute atomic E-state index is 0.120. The second kappa shape index (κ2) is 5.21. The third kappa shape index (κ3) is 2.74. The molecule has 2 rings (SSSR count). The van der Waals surface area contributed by atoms with Gasteiger partial charge in [-0.2, -0.15) is 11.3 Å². The van der Waals surface area contributed by atoms with Gasteiger partial charge in [0.25, 0.3) is 0 Å². The molecule has 0 amide bonds. The van der Waals surface area contributed by atoms with Gasteiger partial charge in [-0.15, -0.1) is 0 Å². The minimum atomic E-state index is -0.835. The van der Waals surface area contributed by atoms with E-state index in [2.05, 4.69) is 0 Å². The first-order valence-electron chi connectivity index (χ1n) is 6.27. The molecular formula is C15H17BO2S. The lowest BCUT2D eigenvalue weighted by Crippen LogP contribution is -2.31. The molecule has 0 radical (unpaired) electrons. The SMILES string of the molecule is Bc1ccc(C(c2ccccc2)C(C)(C)C(=O)O)s1. The van der Waals surface area contributed by atoms with Gasteiger partial charge in [-0.1, -0.05) is 36.4 Å². The van der Waals surface area contributed by atoms with Crippen LogP contribution in [-0.2, 0) is 4.79 Å². The zero-order chi connectivity index (χ0) is 14.0. The van der Waals surface area contributed by atoms with Crippen LogP contribution in [0.2, 0.25) is 0 Å². The molecule has 2 nitrogen and oxygen atoms in total. The maximum absolute atomic E-state index is 11.6. The van der Waals surface area contributed by atoms with Crippen LogP contribution in [0.1, 0.15) is 30.2 Å². The van der Waals surface area contributed by atoms with E-state index in [0.29, 0.717) is 0 Å². The van der Waals surface area contributed by atoms with Crippen LogP contribution >= 0.6 is 11.3 Å². The maximum atomic E-state index is 11.6. The van der Waals surface area contributed by atoms with Crippen LogP contribution in [0.25, 0.3) is 0 Å². The van der Waals surface area contributed by atoms with Gasteiger partial charge in [-0.05, 0) is 30.3 Å². The molecule has 1 N–H and O–H groups in total. The summed E-state index contributed by atoms with van der Waals surface area (Å²) in [6, 6.07) is 14.0. The summed E-state index contributed by atoms with van der Waals surface area (Å²) in [5, 5.41) is 9.55. The highest BCUT2D eigenvalue weighted by atomic mass is 32.1. The highest BCUT2D eigenvalue weighted by Gasteiger charge is 2.39. The molecule has 0 saturated carbocycles. The molecule has 19 heavy (non-hydrogen) atoms. The average molecular weight is 272 g/mol. The van der Waals surface area contributed by atoms with E-state index in [1.807, 2.05) is 50.3 Å². The number of benzene rings is 1. The Labute approximate surface area is 118 Å². The molecule has 0 saturated heterocycles. The van der Waals surface area contributed by atoms with E-state index in [0.717, 1.165) is 10.4 Å². The van der Waals surface area contributed by atoms with Crippen molar-refractivity contribution in [1.82, 2.24) is 0 Å². The van der Waals surface area contributed by atoms with Crippen LogP contribution in [0.3, 0.4) is 0 Å². The van der Waals surface area contributed by atoms with Crippen molar-refractivity contribution in [2.75, 3.05) is 0 Å². The predicted molar refractivity (Wildman–Crippen MR) is 82.2 cm³/mol. The van der Waals surface area contributed by atoms with E-state index in [1.54, 1.807) is 25.2 Å². The average Bonchev–Trinajstić information content (AvgIpc) is 2.76. The van der Waals surface area contributed by atoms with E-state index < -0.39 is 11.4 Å². The Hall–Kier alpha value is -1.55. The molecule has 0 aliphatic rings. The molecular weight excluding hydrogens is 255 g/mol. The largest absolute Gasteiger partial charge is 0.481 e. The Morgan fingerprint density at radius 2 is 1.84 bits per heavy atom. The van der Waals surface area contributed by atoms with E-state index >= 15 is 0 Å². The molecule has 1 heterocycles. The van der Waals surface area contributed by atoms with Gasteiger partial charge >= 0.3 is 5.97 Å². The van der Waals surface area contributed by atoms with Crippen molar-refractivity contribution < 1.29 is 9.90 Å². The van der Waals surface area contributed by atoms with Gasteiger partial charge < -0.3 is 5.11 Å². The number of hydrogen-bond acceptors (Lipinski definition) is 2. The standard InChI is InChI=1S/C15H17BO2S/c1-15(2,14(17)18)13(10-6-4-3-5-7-10)11-8-9-12(16)19-11/h3-9,13H,16H2,1-2H3,(H,17,18). The van der Waals surface area contributed by atoms with Crippen molar-refractivity contribution in [2.45, 2.75) is 19.8 Å². The second-order valence-corrected chi connectivity index (χ2v) is 6.64. The van der Waals surface area contributed by atoms with Crippen LogP contribution in [0.15, 0.2) is 42.5 Å². The van der Waals surface area contributed by atoms with Gasteiger partial charge in [0.1, 0.15) is 0 Å². The Bertz CT molecular complexity index is 575. The topological polar surface area (TPSA) is 37.3 Å². The summed E-state index contributed by atoms with van der Waals surface area (Å²) < 4.78 is 1.21. The van der Waals surface area contributed by atoms with Crippen LogP contribution < -0.4 is 4.78 Å². The number of hydrogen-bond donors (Lipinski definition) is 1. The second-order valence-electron chi connectivity index (χ2n) is 5.32. The normalized spacial score (nSPS) is 13.2. The van der Waals surface area contributed by atoms with E-state index in [1.165, 1.54) is 4.78 Å². The number of carboxylic acids is 1. The highest BCUT2D eigenvalue weighted by molar-refractivity contribution is 7.20. The molecule has 4 heteroatoms. The van der Waals surface area contributed by atoms with Gasteiger partial charge in [0.15, 0.2) is 7.85 Å². The molecule has 2 aromatic rings. The Balaban J connectivity index is 2.55. The van der Waals surface area contributed by atoms with Crippen molar-refractivity contribution in [3.8, 4) is 0 Å². The maximum Gasteiger partial charge on any atom is 0.310 e. The molecule has 0 aliphatic heterocycles. The number of rotatable bonds is 4. The summed E-state index contributed by atoms with van der Waals surface area (Å²) in [5.41, 5.74) is 0.218. The number of thiophene rings is 1. The molecule has 1 atom stereocenters. The third-order valence-corrected chi connectivity index (χ3v) is 4.52. The summed E-state index contributed by atoms with van der Waals surface area (Å²) >= 11 is 1.67. The number of carboxylic acid groups (broad SMARTS) is 1. The summed E-state index contributed by atoms with van der Waals surface area (Å²) in [7, 11) is 2.05. The molecule has 1 unspecified atom stereocenters. The van der Waals surface area contributed by atoms with Crippen LogP contribution in [0.5, 0.6) is 0 Å². The van der Waals surface area contributed by atoms with Crippen molar-refractivity contribution >= 4 is 29.9 Å². The summed E-state index contributed by atoms with van der Waals surface area (Å²) in [4.78, 5) is 12.7. The first kappa shape index (κ1) is 13.9. The highest BCUT2D eigenvalue weighted by Crippen LogP contribution is 2.42. The molecule has 0 spiro atoms. The van der Waals surface area contributed by atoms with Crippen molar-refractivity contribution in [2.24, 2.45) is 5.41 Å². The quantitative estimate of drug-likeness (QED) is 0.867. The van der Waals surface area contributed by atoms with Crippen molar-refractivity contribution in [3.63, 3.8) is 0 Å². The molecule has 1 aromatic carbocycles. The smallest absolute Gasteiger partial charge is 0.310 e. The van der Waals surface area contributed by atoms with Gasteiger partial charge in [0.05, 0.1) is 5.41 Å². The van der Waals surface area contributed by atoms with Gasteiger partial charge in [0.2, 0.25) is 0 Å². The first-order valence-corrected chi connectivity index (χ1v) is 7.09. The Morgan fingerprint density at radius 1 is 1.21 bits per heavy atom. The fraction of sp³-hybridized carbons (Fsp3) is 0.267. The van der Waals surface area contributed by atoms with Gasteiger partial charge in [0, 0.05) is 10.8 Å². The molecule has 0 fully saturated rings.